The molecule has 144 valence electrons. The van der Waals surface area contributed by atoms with Crippen molar-refractivity contribution in [1.82, 2.24) is 4.90 Å². The first kappa shape index (κ1) is 19.3. The van der Waals surface area contributed by atoms with Crippen LogP contribution in [0.2, 0.25) is 0 Å². The van der Waals surface area contributed by atoms with Crippen molar-refractivity contribution in [2.45, 2.75) is 26.0 Å². The van der Waals surface area contributed by atoms with Gasteiger partial charge in [-0.3, -0.25) is 19.3 Å². The number of methoxy groups -OCH3 is 1. The van der Waals surface area contributed by atoms with Crippen LogP contribution in [-0.2, 0) is 9.53 Å². The highest BCUT2D eigenvalue weighted by molar-refractivity contribution is 6.22. The Kier molecular flexibility index (Phi) is 5.26. The van der Waals surface area contributed by atoms with Crippen molar-refractivity contribution in [2.75, 3.05) is 7.11 Å². The fourth-order valence-electron chi connectivity index (χ4n) is 2.98. The summed E-state index contributed by atoms with van der Waals surface area (Å²) in [5.74, 6) is -1.74. The number of amides is 2. The second-order valence-corrected chi connectivity index (χ2v) is 6.37. The molecule has 2 amide bonds. The van der Waals surface area contributed by atoms with Crippen LogP contribution >= 0.6 is 0 Å². The van der Waals surface area contributed by atoms with E-state index in [0.29, 0.717) is 11.3 Å². The summed E-state index contributed by atoms with van der Waals surface area (Å²) in [4.78, 5) is 50.7. The zero-order chi connectivity index (χ0) is 20.4. The van der Waals surface area contributed by atoms with E-state index in [4.69, 9.17) is 9.47 Å². The number of carbonyl (C=O) groups is 4. The zero-order valence-corrected chi connectivity index (χ0v) is 15.7. The molecule has 0 bridgehead atoms. The molecule has 28 heavy (non-hydrogen) atoms. The highest BCUT2D eigenvalue weighted by atomic mass is 16.5. The van der Waals surface area contributed by atoms with Crippen LogP contribution in [0.3, 0.4) is 0 Å². The van der Waals surface area contributed by atoms with Gasteiger partial charge in [0.15, 0.2) is 6.10 Å². The van der Waals surface area contributed by atoms with Crippen LogP contribution in [0, 0.1) is 0 Å². The van der Waals surface area contributed by atoms with Gasteiger partial charge in [-0.15, -0.1) is 0 Å². The zero-order valence-electron chi connectivity index (χ0n) is 15.7. The molecule has 0 unspecified atom stereocenters. The summed E-state index contributed by atoms with van der Waals surface area (Å²) in [7, 11) is 1.52. The number of esters is 1. The van der Waals surface area contributed by atoms with Gasteiger partial charge in [0, 0.05) is 5.56 Å². The van der Waals surface area contributed by atoms with E-state index in [9.17, 15) is 19.2 Å². The molecule has 0 aromatic heterocycles. The highest BCUT2D eigenvalue weighted by Gasteiger charge is 2.41. The second-order valence-electron chi connectivity index (χ2n) is 6.37. The lowest BCUT2D eigenvalue weighted by molar-refractivity contribution is -0.150. The maximum atomic E-state index is 12.5. The molecule has 0 fully saturated rings. The molecule has 1 heterocycles. The van der Waals surface area contributed by atoms with Gasteiger partial charge in [-0.2, -0.15) is 0 Å². The number of nitrogens with zero attached hydrogens (tertiary/aromatic N) is 1. The smallest absolute Gasteiger partial charge is 0.329 e. The van der Waals surface area contributed by atoms with Crippen LogP contribution in [0.15, 0.2) is 48.5 Å². The van der Waals surface area contributed by atoms with Crippen molar-refractivity contribution < 1.29 is 28.7 Å². The maximum absolute atomic E-state index is 12.5. The number of rotatable bonds is 6. The van der Waals surface area contributed by atoms with Crippen molar-refractivity contribution in [3.8, 4) is 5.75 Å². The number of hydrogen-bond acceptors (Lipinski definition) is 6. The normalized spacial score (nSPS) is 15.0. The molecule has 7 heteroatoms. The fraction of sp³-hybridized carbons (Fsp3) is 0.238. The van der Waals surface area contributed by atoms with E-state index in [0.717, 1.165) is 4.90 Å². The first-order valence-electron chi connectivity index (χ1n) is 8.70. The van der Waals surface area contributed by atoms with Gasteiger partial charge in [0.05, 0.1) is 18.2 Å². The Labute approximate surface area is 161 Å². The average molecular weight is 381 g/mol. The summed E-state index contributed by atoms with van der Waals surface area (Å²) >= 11 is 0. The Morgan fingerprint density at radius 1 is 0.893 bits per heavy atom. The average Bonchev–Trinajstić information content (AvgIpc) is 2.97. The predicted molar refractivity (Wildman–Crippen MR) is 99.3 cm³/mol. The molecule has 0 radical (unpaired) electrons. The van der Waals surface area contributed by atoms with Gasteiger partial charge in [0.2, 0.25) is 5.78 Å². The molecule has 2 aromatic carbocycles. The van der Waals surface area contributed by atoms with Crippen LogP contribution in [0.25, 0.3) is 0 Å². The Hall–Kier alpha value is -3.48. The molecular weight excluding hydrogens is 362 g/mol. The number of carbonyl (C=O) groups excluding carboxylic acids is 4. The molecule has 3 rings (SSSR count). The maximum Gasteiger partial charge on any atom is 0.329 e. The summed E-state index contributed by atoms with van der Waals surface area (Å²) in [6.07, 6.45) is -1.07. The van der Waals surface area contributed by atoms with Crippen LogP contribution in [-0.4, -0.2) is 47.7 Å². The van der Waals surface area contributed by atoms with Crippen LogP contribution in [0.1, 0.15) is 44.9 Å². The third-order valence-electron chi connectivity index (χ3n) is 4.59. The number of imide groups is 1. The topological polar surface area (TPSA) is 90.0 Å². The molecule has 0 spiro atoms. The van der Waals surface area contributed by atoms with Gasteiger partial charge in [-0.1, -0.05) is 12.1 Å². The molecule has 0 saturated carbocycles. The van der Waals surface area contributed by atoms with E-state index >= 15 is 0 Å². The minimum atomic E-state index is -1.15. The van der Waals surface area contributed by atoms with Gasteiger partial charge in [-0.25, -0.2) is 4.79 Å². The molecule has 0 aliphatic carbocycles. The van der Waals surface area contributed by atoms with Crippen LogP contribution in [0.5, 0.6) is 5.75 Å². The van der Waals surface area contributed by atoms with E-state index in [1.165, 1.54) is 33.1 Å². The van der Waals surface area contributed by atoms with Crippen molar-refractivity contribution >= 4 is 23.6 Å². The lowest BCUT2D eigenvalue weighted by Crippen LogP contribution is -2.45. The summed E-state index contributed by atoms with van der Waals surface area (Å²) in [6.45, 7) is 2.84. The molecular formula is C21H19NO6. The number of hydrogen-bond donors (Lipinski definition) is 0. The SMILES string of the molecule is COc1ccc(C(=O)[C@@H](C)OC(=O)[C@H](C)N2C(=O)c3ccccc3C2=O)cc1. The van der Waals surface area contributed by atoms with Crippen molar-refractivity contribution in [3.05, 3.63) is 65.2 Å². The molecule has 1 aliphatic heterocycles. The monoisotopic (exact) mass is 381 g/mol. The van der Waals surface area contributed by atoms with Gasteiger partial charge >= 0.3 is 5.97 Å². The number of fused-ring (bicyclic) bond motifs is 1. The van der Waals surface area contributed by atoms with E-state index < -0.39 is 35.7 Å². The standard InChI is InChI=1S/C21H19NO6/c1-12(22-19(24)16-6-4-5-7-17(16)20(22)25)21(26)28-13(2)18(23)14-8-10-15(27-3)11-9-14/h4-13H,1-3H3/t12-,13+/m0/s1. The minimum absolute atomic E-state index is 0.245. The third-order valence-corrected chi connectivity index (χ3v) is 4.59. The van der Waals surface area contributed by atoms with Crippen molar-refractivity contribution in [2.24, 2.45) is 0 Å². The highest BCUT2D eigenvalue weighted by Crippen LogP contribution is 2.25. The third kappa shape index (κ3) is 3.38. The molecule has 0 N–H and O–H groups in total. The van der Waals surface area contributed by atoms with Gasteiger partial charge in [-0.05, 0) is 50.2 Å². The second kappa shape index (κ2) is 7.64. The number of benzene rings is 2. The molecule has 2 aromatic rings. The molecule has 2 atom stereocenters. The Morgan fingerprint density at radius 2 is 1.43 bits per heavy atom. The Morgan fingerprint density at radius 3 is 1.93 bits per heavy atom. The largest absolute Gasteiger partial charge is 0.497 e. The lowest BCUT2D eigenvalue weighted by Gasteiger charge is -2.22. The molecule has 1 aliphatic rings. The Balaban J connectivity index is 1.69. The van der Waals surface area contributed by atoms with E-state index in [1.54, 1.807) is 36.4 Å². The van der Waals surface area contributed by atoms with Gasteiger partial charge < -0.3 is 9.47 Å². The van der Waals surface area contributed by atoms with E-state index in [2.05, 4.69) is 0 Å². The number of ketones is 1. The Bertz CT molecular complexity index is 915. The van der Waals surface area contributed by atoms with Gasteiger partial charge in [0.1, 0.15) is 11.8 Å². The van der Waals surface area contributed by atoms with Crippen LogP contribution in [0.4, 0.5) is 0 Å². The van der Waals surface area contributed by atoms with Crippen molar-refractivity contribution in [1.29, 1.82) is 0 Å². The van der Waals surface area contributed by atoms with Crippen LogP contribution < -0.4 is 4.74 Å². The molecule has 0 saturated heterocycles. The summed E-state index contributed by atoms with van der Waals surface area (Å²) in [5.41, 5.74) is 0.846. The number of ether oxygens (including phenoxy) is 2. The summed E-state index contributed by atoms with van der Waals surface area (Å²) in [6, 6.07) is 11.6. The molecule has 7 nitrogen and oxygen atoms in total. The van der Waals surface area contributed by atoms with E-state index in [-0.39, 0.29) is 11.1 Å². The quantitative estimate of drug-likeness (QED) is 0.434. The summed E-state index contributed by atoms with van der Waals surface area (Å²) in [5, 5.41) is 0. The minimum Gasteiger partial charge on any atom is -0.497 e. The van der Waals surface area contributed by atoms with E-state index in [1.807, 2.05) is 0 Å². The fourth-order valence-corrected chi connectivity index (χ4v) is 2.98. The predicted octanol–water partition coefficient (Wildman–Crippen LogP) is 2.49. The lowest BCUT2D eigenvalue weighted by atomic mass is 10.1. The first-order valence-corrected chi connectivity index (χ1v) is 8.70. The van der Waals surface area contributed by atoms with Crippen molar-refractivity contribution in [3.63, 3.8) is 0 Å². The summed E-state index contributed by atoms with van der Waals surface area (Å²) < 4.78 is 10.3. The number of Topliss-reactive ketones (excluding diaryl/α,β-unsaturated/α-hetero) is 1. The first-order chi connectivity index (χ1) is 13.3. The van der Waals surface area contributed by atoms with Gasteiger partial charge in [0.25, 0.3) is 11.8 Å².